The summed E-state index contributed by atoms with van der Waals surface area (Å²) in [6.07, 6.45) is -7.87. The predicted octanol–water partition coefficient (Wildman–Crippen LogP) is 0.0499. The van der Waals surface area contributed by atoms with Crippen LogP contribution in [0.15, 0.2) is 51.7 Å². The molecule has 0 saturated carbocycles. The van der Waals surface area contributed by atoms with Gasteiger partial charge in [-0.3, -0.25) is 4.79 Å². The molecule has 0 amide bonds. The van der Waals surface area contributed by atoms with Gasteiger partial charge in [0.1, 0.15) is 41.1 Å². The van der Waals surface area contributed by atoms with Gasteiger partial charge in [-0.1, -0.05) is 30.3 Å². The fraction of sp³-hybridized carbons (Fsp3) is 0.286. The molecule has 1 fully saturated rings. The molecule has 31 heavy (non-hydrogen) atoms. The van der Waals surface area contributed by atoms with Crippen LogP contribution in [0.25, 0.3) is 22.3 Å². The van der Waals surface area contributed by atoms with Gasteiger partial charge in [-0.2, -0.15) is 0 Å². The zero-order chi connectivity index (χ0) is 22.3. The number of hydrogen-bond donors (Lipinski definition) is 6. The summed E-state index contributed by atoms with van der Waals surface area (Å²) in [5, 5.41) is 59.6. The Bertz CT molecular complexity index is 1140. The van der Waals surface area contributed by atoms with Gasteiger partial charge < -0.3 is 44.5 Å². The van der Waals surface area contributed by atoms with E-state index in [1.165, 1.54) is 6.07 Å². The molecule has 4 rings (SSSR count). The lowest BCUT2D eigenvalue weighted by atomic mass is 9.99. The zero-order valence-corrected chi connectivity index (χ0v) is 16.0. The largest absolute Gasteiger partial charge is 0.504 e. The number of ether oxygens (including phenoxy) is 2. The molecule has 0 bridgehead atoms. The maximum Gasteiger partial charge on any atom is 0.229 e. The Morgan fingerprint density at radius 3 is 2.32 bits per heavy atom. The molecule has 0 radical (unpaired) electrons. The number of fused-ring (bicyclic) bond motifs is 1. The van der Waals surface area contributed by atoms with Crippen LogP contribution < -0.4 is 10.2 Å². The van der Waals surface area contributed by atoms with E-state index in [4.69, 9.17) is 13.9 Å². The number of aliphatic hydroxyl groups is 4. The molecule has 2 heterocycles. The van der Waals surface area contributed by atoms with Crippen LogP contribution in [0.1, 0.15) is 0 Å². The normalized spacial score (nSPS) is 26.1. The van der Waals surface area contributed by atoms with E-state index in [0.717, 1.165) is 6.07 Å². The molecule has 1 aromatic heterocycles. The predicted molar refractivity (Wildman–Crippen MR) is 106 cm³/mol. The number of hydrogen-bond acceptors (Lipinski definition) is 10. The first kappa shape index (κ1) is 21.1. The van der Waals surface area contributed by atoms with Crippen LogP contribution in [0.5, 0.6) is 17.2 Å². The minimum absolute atomic E-state index is 0.110. The molecule has 3 aromatic rings. The number of rotatable bonds is 4. The highest BCUT2D eigenvalue weighted by atomic mass is 16.7. The summed E-state index contributed by atoms with van der Waals surface area (Å²) in [7, 11) is 0. The smallest absolute Gasteiger partial charge is 0.229 e. The van der Waals surface area contributed by atoms with E-state index < -0.39 is 60.0 Å². The van der Waals surface area contributed by atoms with Crippen molar-refractivity contribution in [1.29, 1.82) is 0 Å². The highest BCUT2D eigenvalue weighted by molar-refractivity contribution is 5.89. The van der Waals surface area contributed by atoms with Crippen molar-refractivity contribution in [2.45, 2.75) is 30.7 Å². The Kier molecular flexibility index (Phi) is 5.56. The summed E-state index contributed by atoms with van der Waals surface area (Å²) in [4.78, 5) is 12.5. The first-order valence-electron chi connectivity index (χ1n) is 9.37. The molecule has 6 N–H and O–H groups in total. The third-order valence-corrected chi connectivity index (χ3v) is 5.08. The summed E-state index contributed by atoms with van der Waals surface area (Å²) >= 11 is 0. The second-order valence-electron chi connectivity index (χ2n) is 7.10. The van der Waals surface area contributed by atoms with Crippen LogP contribution >= 0.6 is 0 Å². The SMILES string of the molecule is O=c1cc(-c2ccccc2)oc2cc(O[C@H]3O[C@@H](CO)[C@@H](O)[C@@H](O)[C@@H]3O)c(O)c(O)c12. The number of aliphatic hydroxyl groups excluding tert-OH is 4. The number of phenolic OH excluding ortho intramolecular Hbond substituents is 2. The van der Waals surface area contributed by atoms with E-state index >= 15 is 0 Å². The summed E-state index contributed by atoms with van der Waals surface area (Å²) in [6, 6.07) is 11.0. The zero-order valence-electron chi connectivity index (χ0n) is 16.0. The highest BCUT2D eigenvalue weighted by Crippen LogP contribution is 2.42. The summed E-state index contributed by atoms with van der Waals surface area (Å²) in [5.74, 6) is -1.82. The van der Waals surface area contributed by atoms with E-state index in [1.54, 1.807) is 30.3 Å². The van der Waals surface area contributed by atoms with Gasteiger partial charge in [0, 0.05) is 17.7 Å². The summed E-state index contributed by atoms with van der Waals surface area (Å²) in [6.45, 7) is -0.672. The van der Waals surface area contributed by atoms with Gasteiger partial charge in [0.15, 0.2) is 16.9 Å². The molecule has 10 nitrogen and oxygen atoms in total. The first-order valence-corrected chi connectivity index (χ1v) is 9.37. The Hall–Kier alpha value is -3.15. The molecule has 164 valence electrons. The van der Waals surface area contributed by atoms with Crippen LogP contribution in [0, 0.1) is 0 Å². The van der Waals surface area contributed by atoms with Gasteiger partial charge in [0.25, 0.3) is 0 Å². The van der Waals surface area contributed by atoms with Gasteiger partial charge in [0.2, 0.25) is 12.0 Å². The molecule has 5 atom stereocenters. The Morgan fingerprint density at radius 1 is 0.935 bits per heavy atom. The molecular weight excluding hydrogens is 412 g/mol. The van der Waals surface area contributed by atoms with E-state index in [2.05, 4.69) is 0 Å². The monoisotopic (exact) mass is 432 g/mol. The van der Waals surface area contributed by atoms with Gasteiger partial charge in [-0.05, 0) is 0 Å². The molecule has 1 aliphatic rings. The minimum Gasteiger partial charge on any atom is -0.504 e. The van der Waals surface area contributed by atoms with Crippen molar-refractivity contribution in [3.63, 3.8) is 0 Å². The third kappa shape index (κ3) is 3.71. The quantitative estimate of drug-likeness (QED) is 0.310. The fourth-order valence-electron chi connectivity index (χ4n) is 3.39. The van der Waals surface area contributed by atoms with Crippen LogP contribution in [-0.2, 0) is 4.74 Å². The number of phenols is 2. The molecular formula is C21H20O10. The second-order valence-corrected chi connectivity index (χ2v) is 7.10. The second kappa shape index (κ2) is 8.17. The van der Waals surface area contributed by atoms with Crippen molar-refractivity contribution in [3.05, 3.63) is 52.7 Å². The molecule has 10 heteroatoms. The first-order chi connectivity index (χ1) is 14.8. The van der Waals surface area contributed by atoms with Crippen molar-refractivity contribution >= 4 is 11.0 Å². The van der Waals surface area contributed by atoms with Gasteiger partial charge in [0.05, 0.1) is 6.61 Å². The van der Waals surface area contributed by atoms with Crippen LogP contribution in [0.2, 0.25) is 0 Å². The average Bonchev–Trinajstić information content (AvgIpc) is 2.77. The van der Waals surface area contributed by atoms with E-state index in [-0.39, 0.29) is 16.7 Å². The molecule has 0 unspecified atom stereocenters. The topological polar surface area (TPSA) is 170 Å². The third-order valence-electron chi connectivity index (χ3n) is 5.08. The Balaban J connectivity index is 1.76. The maximum absolute atomic E-state index is 12.5. The lowest BCUT2D eigenvalue weighted by Crippen LogP contribution is -2.60. The van der Waals surface area contributed by atoms with Gasteiger partial charge >= 0.3 is 0 Å². The highest BCUT2D eigenvalue weighted by Gasteiger charge is 2.45. The van der Waals surface area contributed by atoms with Crippen molar-refractivity contribution in [2.24, 2.45) is 0 Å². The molecule has 1 saturated heterocycles. The lowest BCUT2D eigenvalue weighted by molar-refractivity contribution is -0.277. The van der Waals surface area contributed by atoms with Gasteiger partial charge in [-0.15, -0.1) is 0 Å². The minimum atomic E-state index is -1.74. The van der Waals surface area contributed by atoms with Crippen LogP contribution in [0.4, 0.5) is 0 Å². The maximum atomic E-state index is 12.5. The molecule has 0 aliphatic carbocycles. The van der Waals surface area contributed by atoms with Crippen LogP contribution in [0.3, 0.4) is 0 Å². The van der Waals surface area contributed by atoms with Crippen molar-refractivity contribution < 1.29 is 44.5 Å². The van der Waals surface area contributed by atoms with Gasteiger partial charge in [-0.25, -0.2) is 0 Å². The summed E-state index contributed by atoms with van der Waals surface area (Å²) in [5.41, 5.74) is -0.112. The summed E-state index contributed by atoms with van der Waals surface area (Å²) < 4.78 is 16.4. The van der Waals surface area contributed by atoms with E-state index in [9.17, 15) is 35.4 Å². The Morgan fingerprint density at radius 2 is 1.65 bits per heavy atom. The average molecular weight is 432 g/mol. The van der Waals surface area contributed by atoms with E-state index in [0.29, 0.717) is 5.56 Å². The molecule has 1 aliphatic heterocycles. The lowest BCUT2D eigenvalue weighted by Gasteiger charge is -2.39. The van der Waals surface area contributed by atoms with Crippen LogP contribution in [-0.4, -0.2) is 68.0 Å². The number of benzene rings is 2. The fourth-order valence-corrected chi connectivity index (χ4v) is 3.39. The van der Waals surface area contributed by atoms with Crippen molar-refractivity contribution in [3.8, 4) is 28.6 Å². The Labute approximate surface area is 174 Å². The molecule has 2 aromatic carbocycles. The van der Waals surface area contributed by atoms with E-state index in [1.807, 2.05) is 0 Å². The number of aromatic hydroxyl groups is 2. The molecule has 0 spiro atoms. The van der Waals surface area contributed by atoms with Crippen molar-refractivity contribution in [1.82, 2.24) is 0 Å². The van der Waals surface area contributed by atoms with Crippen molar-refractivity contribution in [2.75, 3.05) is 6.61 Å². The standard InChI is InChI=1S/C21H20O10/c22-8-14-17(25)19(27)20(28)21(31-14)30-13-7-12-15(18(26)16(13)24)10(23)6-11(29-12)9-4-2-1-3-5-9/h1-7,14,17,19-22,24-28H,8H2/t14-,17+,19+,20-,21-/m0/s1.